The van der Waals surface area contributed by atoms with Crippen LogP contribution in [0.15, 0.2) is 0 Å². The SMILES string of the molecule is CCSCCC(C)N1C(=O)C(CC)NC1C1CCCC1. The summed E-state index contributed by atoms with van der Waals surface area (Å²) in [6.45, 7) is 6.55. The lowest BCUT2D eigenvalue weighted by Crippen LogP contribution is -2.47. The number of hydrogen-bond acceptors (Lipinski definition) is 3. The smallest absolute Gasteiger partial charge is 0.241 e. The fourth-order valence-electron chi connectivity index (χ4n) is 3.63. The molecule has 2 fully saturated rings. The highest BCUT2D eigenvalue weighted by molar-refractivity contribution is 7.99. The minimum atomic E-state index is 0.0573. The summed E-state index contributed by atoms with van der Waals surface area (Å²) in [5.41, 5.74) is 0. The molecule has 1 heterocycles. The Kier molecular flexibility index (Phi) is 6.21. The van der Waals surface area contributed by atoms with Gasteiger partial charge in [0.2, 0.25) is 5.91 Å². The molecule has 2 rings (SSSR count). The molecule has 3 nitrogen and oxygen atoms in total. The molecule has 0 radical (unpaired) electrons. The van der Waals surface area contributed by atoms with Crippen LogP contribution in [0.3, 0.4) is 0 Å². The Morgan fingerprint density at radius 1 is 1.35 bits per heavy atom. The zero-order chi connectivity index (χ0) is 14.5. The molecule has 4 heteroatoms. The summed E-state index contributed by atoms with van der Waals surface area (Å²) >= 11 is 1.98. The van der Waals surface area contributed by atoms with Crippen molar-refractivity contribution in [3.8, 4) is 0 Å². The van der Waals surface area contributed by atoms with Crippen molar-refractivity contribution >= 4 is 17.7 Å². The minimum absolute atomic E-state index is 0.0573. The third kappa shape index (κ3) is 3.51. The molecule has 1 aliphatic carbocycles. The van der Waals surface area contributed by atoms with Crippen LogP contribution in [-0.4, -0.2) is 40.6 Å². The first kappa shape index (κ1) is 16.2. The highest BCUT2D eigenvalue weighted by Gasteiger charge is 2.44. The van der Waals surface area contributed by atoms with Crippen LogP contribution < -0.4 is 5.32 Å². The average Bonchev–Trinajstić information content (AvgIpc) is 3.06. The van der Waals surface area contributed by atoms with Crippen molar-refractivity contribution < 1.29 is 4.79 Å². The fraction of sp³-hybridized carbons (Fsp3) is 0.938. The molecule has 1 saturated carbocycles. The molecule has 1 N–H and O–H groups in total. The number of amides is 1. The van der Waals surface area contributed by atoms with Gasteiger partial charge in [0.25, 0.3) is 0 Å². The third-order valence-corrected chi connectivity index (χ3v) is 5.77. The highest BCUT2D eigenvalue weighted by atomic mass is 32.2. The van der Waals surface area contributed by atoms with E-state index >= 15 is 0 Å². The maximum absolute atomic E-state index is 12.6. The van der Waals surface area contributed by atoms with Crippen LogP contribution in [0.2, 0.25) is 0 Å². The second-order valence-electron chi connectivity index (χ2n) is 6.20. The van der Waals surface area contributed by atoms with Gasteiger partial charge >= 0.3 is 0 Å². The Bertz CT molecular complexity index is 318. The monoisotopic (exact) mass is 298 g/mol. The number of nitrogens with zero attached hydrogens (tertiary/aromatic N) is 1. The van der Waals surface area contributed by atoms with Gasteiger partial charge in [0.15, 0.2) is 0 Å². The molecule has 0 aromatic heterocycles. The van der Waals surface area contributed by atoms with Gasteiger partial charge in [0, 0.05) is 6.04 Å². The van der Waals surface area contributed by atoms with E-state index in [1.54, 1.807) is 0 Å². The van der Waals surface area contributed by atoms with Crippen molar-refractivity contribution in [1.29, 1.82) is 0 Å². The van der Waals surface area contributed by atoms with Crippen molar-refractivity contribution in [2.75, 3.05) is 11.5 Å². The second-order valence-corrected chi connectivity index (χ2v) is 7.59. The lowest BCUT2D eigenvalue weighted by atomic mass is 10.0. The molecule has 0 aromatic carbocycles. The summed E-state index contributed by atoms with van der Waals surface area (Å²) < 4.78 is 0. The van der Waals surface area contributed by atoms with Gasteiger partial charge in [-0.1, -0.05) is 26.7 Å². The maximum atomic E-state index is 12.6. The van der Waals surface area contributed by atoms with Gasteiger partial charge < -0.3 is 4.90 Å². The number of rotatable bonds is 7. The first-order valence-electron chi connectivity index (χ1n) is 8.35. The van der Waals surface area contributed by atoms with E-state index in [-0.39, 0.29) is 6.04 Å². The number of carbonyl (C=O) groups excluding carboxylic acids is 1. The molecule has 1 aliphatic heterocycles. The molecule has 0 spiro atoms. The van der Waals surface area contributed by atoms with Crippen LogP contribution >= 0.6 is 11.8 Å². The maximum Gasteiger partial charge on any atom is 0.241 e. The molecule has 1 saturated heterocycles. The normalized spacial score (nSPS) is 29.4. The Labute approximate surface area is 128 Å². The van der Waals surface area contributed by atoms with Gasteiger partial charge in [-0.2, -0.15) is 11.8 Å². The topological polar surface area (TPSA) is 32.3 Å². The standard InChI is InChI=1S/C16H30N2OS/c1-4-14-16(19)18(12(3)10-11-20-5-2)15(17-14)13-8-6-7-9-13/h12-15,17H,4-11H2,1-3H3. The zero-order valence-electron chi connectivity index (χ0n) is 13.2. The van der Waals surface area contributed by atoms with Gasteiger partial charge in [0.05, 0.1) is 12.2 Å². The summed E-state index contributed by atoms with van der Waals surface area (Å²) in [5, 5.41) is 3.62. The van der Waals surface area contributed by atoms with E-state index in [1.807, 2.05) is 11.8 Å². The third-order valence-electron chi connectivity index (χ3n) is 4.84. The van der Waals surface area contributed by atoms with Crippen molar-refractivity contribution in [2.24, 2.45) is 5.92 Å². The van der Waals surface area contributed by atoms with Gasteiger partial charge in [-0.15, -0.1) is 0 Å². The van der Waals surface area contributed by atoms with E-state index < -0.39 is 0 Å². The van der Waals surface area contributed by atoms with E-state index in [1.165, 1.54) is 31.4 Å². The molecule has 3 atom stereocenters. The van der Waals surface area contributed by atoms with Crippen molar-refractivity contribution in [2.45, 2.75) is 77.5 Å². The van der Waals surface area contributed by atoms with Crippen LogP contribution in [0.5, 0.6) is 0 Å². The largest absolute Gasteiger partial charge is 0.323 e. The van der Waals surface area contributed by atoms with Gasteiger partial charge in [-0.3, -0.25) is 10.1 Å². The fourth-order valence-corrected chi connectivity index (χ4v) is 4.43. The van der Waals surface area contributed by atoms with Crippen LogP contribution in [0.1, 0.15) is 59.3 Å². The Hall–Kier alpha value is -0.220. The summed E-state index contributed by atoms with van der Waals surface area (Å²) in [4.78, 5) is 14.8. The molecule has 0 bridgehead atoms. The van der Waals surface area contributed by atoms with Crippen LogP contribution in [0.25, 0.3) is 0 Å². The Balaban J connectivity index is 2.01. The molecular formula is C16H30N2OS. The first-order chi connectivity index (χ1) is 9.69. The van der Waals surface area contributed by atoms with Gasteiger partial charge in [-0.25, -0.2) is 0 Å². The molecule has 1 amide bonds. The van der Waals surface area contributed by atoms with E-state index in [4.69, 9.17) is 0 Å². The van der Waals surface area contributed by atoms with Gasteiger partial charge in [0.1, 0.15) is 0 Å². The average molecular weight is 298 g/mol. The van der Waals surface area contributed by atoms with Gasteiger partial charge in [-0.05, 0) is 50.0 Å². The molecular weight excluding hydrogens is 268 g/mol. The van der Waals surface area contributed by atoms with Crippen LogP contribution in [0, 0.1) is 5.92 Å². The molecule has 0 aromatic rings. The number of nitrogens with one attached hydrogen (secondary N) is 1. The lowest BCUT2D eigenvalue weighted by Gasteiger charge is -2.34. The summed E-state index contributed by atoms with van der Waals surface area (Å²) in [6, 6.07) is 0.429. The Morgan fingerprint density at radius 3 is 2.65 bits per heavy atom. The quantitative estimate of drug-likeness (QED) is 0.732. The second kappa shape index (κ2) is 7.69. The highest BCUT2D eigenvalue weighted by Crippen LogP contribution is 2.33. The number of carbonyl (C=O) groups is 1. The molecule has 2 aliphatic rings. The van der Waals surface area contributed by atoms with Crippen LogP contribution in [-0.2, 0) is 4.79 Å². The lowest BCUT2D eigenvalue weighted by molar-refractivity contribution is -0.132. The van der Waals surface area contributed by atoms with E-state index in [0.29, 0.717) is 24.0 Å². The van der Waals surface area contributed by atoms with E-state index in [0.717, 1.165) is 18.6 Å². The molecule has 20 heavy (non-hydrogen) atoms. The molecule has 3 unspecified atom stereocenters. The van der Waals surface area contributed by atoms with Crippen molar-refractivity contribution in [3.05, 3.63) is 0 Å². The molecule has 116 valence electrons. The number of hydrogen-bond donors (Lipinski definition) is 1. The van der Waals surface area contributed by atoms with E-state index in [9.17, 15) is 4.79 Å². The predicted molar refractivity (Wildman–Crippen MR) is 86.9 cm³/mol. The van der Waals surface area contributed by atoms with Crippen LogP contribution in [0.4, 0.5) is 0 Å². The van der Waals surface area contributed by atoms with E-state index in [2.05, 4.69) is 31.0 Å². The number of thioether (sulfide) groups is 1. The summed E-state index contributed by atoms with van der Waals surface area (Å²) in [6.07, 6.45) is 7.57. The zero-order valence-corrected chi connectivity index (χ0v) is 14.0. The predicted octanol–water partition coefficient (Wildman–Crippen LogP) is 3.24. The first-order valence-corrected chi connectivity index (χ1v) is 9.50. The van der Waals surface area contributed by atoms with Crippen molar-refractivity contribution in [1.82, 2.24) is 10.2 Å². The summed E-state index contributed by atoms with van der Waals surface area (Å²) in [5.74, 6) is 3.35. The summed E-state index contributed by atoms with van der Waals surface area (Å²) in [7, 11) is 0. The van der Waals surface area contributed by atoms with Crippen molar-refractivity contribution in [3.63, 3.8) is 0 Å². The minimum Gasteiger partial charge on any atom is -0.323 e. The Morgan fingerprint density at radius 2 is 2.05 bits per heavy atom.